The molecule has 1 aromatic heterocycles. The molecule has 2 aliphatic rings. The van der Waals surface area contributed by atoms with Crippen LogP contribution in [0.3, 0.4) is 0 Å². The van der Waals surface area contributed by atoms with E-state index >= 15 is 0 Å². The molecule has 4 unspecified atom stereocenters. The maximum Gasteiger partial charge on any atom is 0.223 e. The molecule has 0 radical (unpaired) electrons. The van der Waals surface area contributed by atoms with Crippen molar-refractivity contribution in [2.75, 3.05) is 0 Å². The summed E-state index contributed by atoms with van der Waals surface area (Å²) in [6.45, 7) is 2.05. The lowest BCUT2D eigenvalue weighted by Crippen LogP contribution is -2.40. The summed E-state index contributed by atoms with van der Waals surface area (Å²) in [5.41, 5.74) is 0. The third kappa shape index (κ3) is 2.31. The summed E-state index contributed by atoms with van der Waals surface area (Å²) in [6, 6.07) is 4.00. The van der Waals surface area contributed by atoms with Crippen molar-refractivity contribution in [3.8, 4) is 0 Å². The highest BCUT2D eigenvalue weighted by Gasteiger charge is 2.43. The second-order valence-electron chi connectivity index (χ2n) is 5.97. The van der Waals surface area contributed by atoms with Crippen molar-refractivity contribution >= 4 is 5.91 Å². The summed E-state index contributed by atoms with van der Waals surface area (Å²) >= 11 is 0. The average Bonchev–Trinajstić information content (AvgIpc) is 3.04. The first-order valence-electron chi connectivity index (χ1n) is 7.05. The lowest BCUT2D eigenvalue weighted by Gasteiger charge is -2.23. The minimum Gasteiger partial charge on any atom is -0.469 e. The summed E-state index contributed by atoms with van der Waals surface area (Å²) in [7, 11) is 0. The maximum atomic E-state index is 12.2. The number of carbonyl (C=O) groups excluding carboxylic acids is 1. The van der Waals surface area contributed by atoms with Gasteiger partial charge in [0.1, 0.15) is 5.76 Å². The van der Waals surface area contributed by atoms with Crippen LogP contribution in [0.2, 0.25) is 0 Å². The van der Waals surface area contributed by atoms with E-state index in [-0.39, 0.29) is 17.9 Å². The van der Waals surface area contributed by atoms with Crippen molar-refractivity contribution in [3.05, 3.63) is 24.2 Å². The minimum atomic E-state index is 0.155. The van der Waals surface area contributed by atoms with Gasteiger partial charge in [-0.15, -0.1) is 0 Å². The van der Waals surface area contributed by atoms with Gasteiger partial charge in [-0.05, 0) is 50.2 Å². The number of amides is 1. The lowest BCUT2D eigenvalue weighted by molar-refractivity contribution is -0.127. The Hall–Kier alpha value is -1.25. The summed E-state index contributed by atoms with van der Waals surface area (Å²) in [6.07, 6.45) is 7.46. The van der Waals surface area contributed by atoms with Gasteiger partial charge in [0, 0.05) is 18.4 Å². The third-order valence-corrected chi connectivity index (χ3v) is 4.55. The summed E-state index contributed by atoms with van der Waals surface area (Å²) in [4.78, 5) is 12.2. The van der Waals surface area contributed by atoms with E-state index in [0.29, 0.717) is 5.92 Å². The van der Waals surface area contributed by atoms with E-state index in [4.69, 9.17) is 4.42 Å². The van der Waals surface area contributed by atoms with Crippen LogP contribution in [0.1, 0.15) is 38.4 Å². The van der Waals surface area contributed by atoms with Crippen molar-refractivity contribution in [2.24, 2.45) is 17.8 Å². The molecule has 2 saturated carbocycles. The predicted molar refractivity (Wildman–Crippen MR) is 69.0 cm³/mol. The molecule has 3 heteroatoms. The Bertz CT molecular complexity index is 412. The van der Waals surface area contributed by atoms with E-state index in [9.17, 15) is 4.79 Å². The van der Waals surface area contributed by atoms with Gasteiger partial charge in [-0.3, -0.25) is 4.79 Å². The van der Waals surface area contributed by atoms with Crippen LogP contribution >= 0.6 is 0 Å². The second-order valence-corrected chi connectivity index (χ2v) is 5.97. The van der Waals surface area contributed by atoms with Crippen LogP contribution < -0.4 is 5.32 Å². The van der Waals surface area contributed by atoms with E-state index in [0.717, 1.165) is 24.5 Å². The van der Waals surface area contributed by atoms with Gasteiger partial charge >= 0.3 is 0 Å². The fourth-order valence-electron chi connectivity index (χ4n) is 3.70. The van der Waals surface area contributed by atoms with E-state index in [1.54, 1.807) is 6.26 Å². The molecule has 1 N–H and O–H groups in total. The Morgan fingerprint density at radius 3 is 3.00 bits per heavy atom. The first-order chi connectivity index (χ1) is 8.72. The van der Waals surface area contributed by atoms with Gasteiger partial charge in [0.05, 0.1) is 6.26 Å². The molecule has 2 bridgehead atoms. The molecule has 0 aliphatic heterocycles. The number of nitrogens with one attached hydrogen (secondary N) is 1. The van der Waals surface area contributed by atoms with Gasteiger partial charge in [0.25, 0.3) is 0 Å². The second kappa shape index (κ2) is 4.79. The van der Waals surface area contributed by atoms with E-state index in [2.05, 4.69) is 5.32 Å². The van der Waals surface area contributed by atoms with Gasteiger partial charge in [0.15, 0.2) is 0 Å². The predicted octanol–water partition coefficient (Wildman–Crippen LogP) is 2.76. The monoisotopic (exact) mass is 247 g/mol. The van der Waals surface area contributed by atoms with E-state index < -0.39 is 0 Å². The van der Waals surface area contributed by atoms with E-state index in [1.165, 1.54) is 19.3 Å². The Morgan fingerprint density at radius 2 is 2.39 bits per heavy atom. The Labute approximate surface area is 108 Å². The van der Waals surface area contributed by atoms with Crippen LogP contribution in [-0.2, 0) is 11.2 Å². The summed E-state index contributed by atoms with van der Waals surface area (Å²) in [5, 5.41) is 3.15. The van der Waals surface area contributed by atoms with E-state index in [1.807, 2.05) is 19.1 Å². The molecule has 98 valence electrons. The molecule has 1 aromatic rings. The Morgan fingerprint density at radius 1 is 1.50 bits per heavy atom. The molecule has 1 heterocycles. The molecule has 3 nitrogen and oxygen atoms in total. The topological polar surface area (TPSA) is 42.2 Å². The molecule has 3 rings (SSSR count). The van der Waals surface area contributed by atoms with Crippen LogP contribution in [0.4, 0.5) is 0 Å². The molecule has 2 aliphatic carbocycles. The number of hydrogen-bond acceptors (Lipinski definition) is 2. The van der Waals surface area contributed by atoms with Crippen molar-refractivity contribution in [3.63, 3.8) is 0 Å². The molecule has 0 saturated heterocycles. The zero-order chi connectivity index (χ0) is 12.5. The van der Waals surface area contributed by atoms with Crippen molar-refractivity contribution < 1.29 is 9.21 Å². The highest BCUT2D eigenvalue weighted by Crippen LogP contribution is 2.48. The number of fused-ring (bicyclic) bond motifs is 2. The first-order valence-corrected chi connectivity index (χ1v) is 7.05. The first kappa shape index (κ1) is 11.8. The van der Waals surface area contributed by atoms with Crippen LogP contribution in [0.15, 0.2) is 22.8 Å². The average molecular weight is 247 g/mol. The smallest absolute Gasteiger partial charge is 0.223 e. The normalized spacial score (nSPS) is 31.5. The quantitative estimate of drug-likeness (QED) is 0.889. The van der Waals surface area contributed by atoms with Gasteiger partial charge in [-0.2, -0.15) is 0 Å². The SMILES string of the molecule is CC(Cc1ccco1)NC(=O)C1CC2CCC1C2. The molecule has 2 fully saturated rings. The zero-order valence-electron chi connectivity index (χ0n) is 10.9. The van der Waals surface area contributed by atoms with Gasteiger partial charge in [-0.1, -0.05) is 6.42 Å². The molecule has 18 heavy (non-hydrogen) atoms. The van der Waals surface area contributed by atoms with Gasteiger partial charge in [0.2, 0.25) is 5.91 Å². The van der Waals surface area contributed by atoms with Crippen molar-refractivity contribution in [2.45, 2.75) is 45.1 Å². The van der Waals surface area contributed by atoms with Crippen LogP contribution in [-0.4, -0.2) is 11.9 Å². The number of carbonyl (C=O) groups is 1. The number of rotatable bonds is 4. The number of furan rings is 1. The van der Waals surface area contributed by atoms with Crippen LogP contribution in [0.25, 0.3) is 0 Å². The van der Waals surface area contributed by atoms with Gasteiger partial charge < -0.3 is 9.73 Å². The molecular formula is C15H21NO2. The maximum absolute atomic E-state index is 12.2. The summed E-state index contributed by atoms with van der Waals surface area (Å²) in [5.74, 6) is 2.97. The molecular weight excluding hydrogens is 226 g/mol. The molecule has 0 spiro atoms. The standard InChI is InChI=1S/C15H21NO2/c1-10(7-13-3-2-6-18-13)16-15(17)14-9-11-4-5-12(14)8-11/h2-3,6,10-12,14H,4-5,7-9H2,1H3,(H,16,17). The summed E-state index contributed by atoms with van der Waals surface area (Å²) < 4.78 is 5.31. The minimum absolute atomic E-state index is 0.155. The lowest BCUT2D eigenvalue weighted by atomic mass is 9.88. The van der Waals surface area contributed by atoms with Crippen LogP contribution in [0, 0.1) is 17.8 Å². The molecule has 1 amide bonds. The highest BCUT2D eigenvalue weighted by atomic mass is 16.3. The Kier molecular flexibility index (Phi) is 3.14. The largest absolute Gasteiger partial charge is 0.469 e. The molecule has 0 aromatic carbocycles. The van der Waals surface area contributed by atoms with Crippen LogP contribution in [0.5, 0.6) is 0 Å². The fourth-order valence-corrected chi connectivity index (χ4v) is 3.70. The van der Waals surface area contributed by atoms with Gasteiger partial charge in [-0.25, -0.2) is 0 Å². The number of hydrogen-bond donors (Lipinski definition) is 1. The Balaban J connectivity index is 1.51. The van der Waals surface area contributed by atoms with Crippen molar-refractivity contribution in [1.29, 1.82) is 0 Å². The third-order valence-electron chi connectivity index (χ3n) is 4.55. The zero-order valence-corrected chi connectivity index (χ0v) is 10.9. The fraction of sp³-hybridized carbons (Fsp3) is 0.667. The highest BCUT2D eigenvalue weighted by molar-refractivity contribution is 5.79. The molecule has 4 atom stereocenters. The van der Waals surface area contributed by atoms with Crippen molar-refractivity contribution in [1.82, 2.24) is 5.32 Å².